The number of carbonyl (C=O) groups excluding carboxylic acids is 1. The van der Waals surface area contributed by atoms with Crippen LogP contribution in [0.15, 0.2) is 17.2 Å². The molecule has 1 aliphatic rings. The van der Waals surface area contributed by atoms with E-state index in [0.717, 1.165) is 32.4 Å². The van der Waals surface area contributed by atoms with E-state index >= 15 is 0 Å². The Morgan fingerprint density at radius 2 is 2.05 bits per heavy atom. The number of benzene rings is 1. The molecule has 0 amide bonds. The van der Waals surface area contributed by atoms with E-state index in [0.29, 0.717) is 12.0 Å². The van der Waals surface area contributed by atoms with Crippen LogP contribution in [-0.4, -0.2) is 24.3 Å². The molecule has 0 atom stereocenters. The Balaban J connectivity index is 2.56. The van der Waals surface area contributed by atoms with Gasteiger partial charge >= 0.3 is 0 Å². The summed E-state index contributed by atoms with van der Waals surface area (Å²) < 4.78 is 0. The van der Waals surface area contributed by atoms with Crippen molar-refractivity contribution >= 4 is 23.3 Å². The van der Waals surface area contributed by atoms with E-state index in [-0.39, 0.29) is 16.9 Å². The fraction of sp³-hybridized carbons (Fsp3) is 0.417. The standard InChI is InChI=1S/C12H13N5O3/c13-15-14-10-7-11(16-4-2-1-3-5-16)12(17(19)20)6-9(10)8-18/h6-8H,1-5H2. The highest BCUT2D eigenvalue weighted by Crippen LogP contribution is 2.36. The molecule has 0 radical (unpaired) electrons. The zero-order valence-electron chi connectivity index (χ0n) is 10.7. The summed E-state index contributed by atoms with van der Waals surface area (Å²) in [5.74, 6) is 0. The molecule has 0 bridgehead atoms. The van der Waals surface area contributed by atoms with E-state index in [9.17, 15) is 14.9 Å². The SMILES string of the molecule is [N-]=[N+]=Nc1cc(N2CCCCC2)c([N+](=O)[O-])cc1C=O. The molecule has 104 valence electrons. The van der Waals surface area contributed by atoms with Crippen molar-refractivity contribution in [2.24, 2.45) is 5.11 Å². The van der Waals surface area contributed by atoms with E-state index in [2.05, 4.69) is 10.0 Å². The van der Waals surface area contributed by atoms with Gasteiger partial charge in [0.1, 0.15) is 5.69 Å². The third-order valence-corrected chi connectivity index (χ3v) is 3.30. The molecule has 1 fully saturated rings. The second-order valence-electron chi connectivity index (χ2n) is 4.51. The van der Waals surface area contributed by atoms with Gasteiger partial charge in [0, 0.05) is 29.6 Å². The van der Waals surface area contributed by atoms with Gasteiger partial charge in [-0.05, 0) is 30.9 Å². The molecule has 1 saturated heterocycles. The molecule has 1 aromatic rings. The molecule has 0 saturated carbocycles. The summed E-state index contributed by atoms with van der Waals surface area (Å²) in [6, 6.07) is 2.59. The largest absolute Gasteiger partial charge is 0.366 e. The number of anilines is 1. The lowest BCUT2D eigenvalue weighted by Gasteiger charge is -2.28. The number of nitro groups is 1. The molecule has 20 heavy (non-hydrogen) atoms. The third kappa shape index (κ3) is 2.70. The van der Waals surface area contributed by atoms with Gasteiger partial charge in [-0.1, -0.05) is 5.11 Å². The van der Waals surface area contributed by atoms with Gasteiger partial charge < -0.3 is 4.90 Å². The normalized spacial score (nSPS) is 14.5. The maximum Gasteiger partial charge on any atom is 0.293 e. The number of hydrogen-bond acceptors (Lipinski definition) is 5. The Labute approximate surface area is 114 Å². The number of carbonyl (C=O) groups is 1. The zero-order valence-corrected chi connectivity index (χ0v) is 10.7. The average Bonchev–Trinajstić information content (AvgIpc) is 2.48. The summed E-state index contributed by atoms with van der Waals surface area (Å²) >= 11 is 0. The van der Waals surface area contributed by atoms with Gasteiger partial charge in [-0.25, -0.2) is 0 Å². The molecule has 0 unspecified atom stereocenters. The van der Waals surface area contributed by atoms with Gasteiger partial charge in [-0.3, -0.25) is 14.9 Å². The van der Waals surface area contributed by atoms with Gasteiger partial charge in [0.2, 0.25) is 0 Å². The average molecular weight is 275 g/mol. The van der Waals surface area contributed by atoms with Crippen molar-refractivity contribution < 1.29 is 9.72 Å². The number of piperidine rings is 1. The summed E-state index contributed by atoms with van der Waals surface area (Å²) in [5, 5.41) is 14.6. The van der Waals surface area contributed by atoms with E-state index in [1.807, 2.05) is 4.90 Å². The van der Waals surface area contributed by atoms with Gasteiger partial charge in [0.25, 0.3) is 5.69 Å². The first-order chi connectivity index (χ1) is 9.67. The molecule has 0 aromatic heterocycles. The van der Waals surface area contributed by atoms with Crippen molar-refractivity contribution in [2.45, 2.75) is 19.3 Å². The first-order valence-corrected chi connectivity index (χ1v) is 6.25. The minimum atomic E-state index is -0.517. The number of rotatable bonds is 4. The summed E-state index contributed by atoms with van der Waals surface area (Å²) in [4.78, 5) is 26.1. The van der Waals surface area contributed by atoms with Crippen LogP contribution in [0, 0.1) is 10.1 Å². The third-order valence-electron chi connectivity index (χ3n) is 3.30. The fourth-order valence-electron chi connectivity index (χ4n) is 2.35. The molecular weight excluding hydrogens is 262 g/mol. The maximum atomic E-state index is 11.2. The summed E-state index contributed by atoms with van der Waals surface area (Å²) in [5.41, 5.74) is 8.93. The second-order valence-corrected chi connectivity index (χ2v) is 4.51. The second kappa shape index (κ2) is 6.03. The van der Waals surface area contributed by atoms with E-state index in [4.69, 9.17) is 5.53 Å². The summed E-state index contributed by atoms with van der Waals surface area (Å²) in [7, 11) is 0. The number of azide groups is 1. The number of aldehydes is 1. The van der Waals surface area contributed by atoms with Crippen molar-refractivity contribution in [1.82, 2.24) is 0 Å². The van der Waals surface area contributed by atoms with Crippen molar-refractivity contribution in [3.8, 4) is 0 Å². The zero-order chi connectivity index (χ0) is 14.5. The highest BCUT2D eigenvalue weighted by Gasteiger charge is 2.23. The first kappa shape index (κ1) is 13.8. The highest BCUT2D eigenvalue weighted by atomic mass is 16.6. The smallest absolute Gasteiger partial charge is 0.293 e. The minimum Gasteiger partial charge on any atom is -0.366 e. The molecule has 1 aromatic carbocycles. The van der Waals surface area contributed by atoms with Crippen molar-refractivity contribution in [2.75, 3.05) is 18.0 Å². The Kier molecular flexibility index (Phi) is 4.17. The van der Waals surface area contributed by atoms with E-state index in [1.54, 1.807) is 0 Å². The van der Waals surface area contributed by atoms with Gasteiger partial charge in [-0.2, -0.15) is 0 Å². The van der Waals surface area contributed by atoms with E-state index < -0.39 is 4.92 Å². The van der Waals surface area contributed by atoms with E-state index in [1.165, 1.54) is 12.1 Å². The Morgan fingerprint density at radius 1 is 1.35 bits per heavy atom. The molecule has 0 N–H and O–H groups in total. The topological polar surface area (TPSA) is 112 Å². The summed E-state index contributed by atoms with van der Waals surface area (Å²) in [6.07, 6.45) is 3.48. The first-order valence-electron chi connectivity index (χ1n) is 6.25. The maximum absolute atomic E-state index is 11.2. The summed E-state index contributed by atoms with van der Waals surface area (Å²) in [6.45, 7) is 1.44. The number of hydrogen-bond donors (Lipinski definition) is 0. The van der Waals surface area contributed by atoms with Gasteiger partial charge in [0.05, 0.1) is 10.6 Å². The highest BCUT2D eigenvalue weighted by molar-refractivity contribution is 5.88. The quantitative estimate of drug-likeness (QED) is 0.209. The number of nitro benzene ring substituents is 1. The van der Waals surface area contributed by atoms with Crippen LogP contribution >= 0.6 is 0 Å². The Bertz CT molecular complexity index is 589. The van der Waals surface area contributed by atoms with Crippen LogP contribution < -0.4 is 4.90 Å². The van der Waals surface area contributed by atoms with Crippen molar-refractivity contribution in [3.05, 3.63) is 38.3 Å². The molecule has 0 spiro atoms. The lowest BCUT2D eigenvalue weighted by molar-refractivity contribution is -0.384. The van der Waals surface area contributed by atoms with Crippen LogP contribution in [0.2, 0.25) is 0 Å². The molecule has 8 heteroatoms. The van der Waals surface area contributed by atoms with Crippen LogP contribution in [0.4, 0.5) is 17.1 Å². The number of nitrogens with zero attached hydrogens (tertiary/aromatic N) is 5. The lowest BCUT2D eigenvalue weighted by atomic mass is 10.1. The van der Waals surface area contributed by atoms with Crippen LogP contribution in [0.25, 0.3) is 10.4 Å². The molecule has 2 rings (SSSR count). The molecule has 8 nitrogen and oxygen atoms in total. The molecule has 1 aliphatic heterocycles. The fourth-order valence-corrected chi connectivity index (χ4v) is 2.35. The lowest BCUT2D eigenvalue weighted by Crippen LogP contribution is -2.30. The minimum absolute atomic E-state index is 0.0234. The predicted molar refractivity (Wildman–Crippen MR) is 73.4 cm³/mol. The van der Waals surface area contributed by atoms with Gasteiger partial charge in [-0.15, -0.1) is 0 Å². The monoisotopic (exact) mass is 275 g/mol. The van der Waals surface area contributed by atoms with Crippen LogP contribution in [0.3, 0.4) is 0 Å². The van der Waals surface area contributed by atoms with Crippen LogP contribution in [-0.2, 0) is 0 Å². The van der Waals surface area contributed by atoms with Crippen molar-refractivity contribution in [1.29, 1.82) is 0 Å². The van der Waals surface area contributed by atoms with Crippen LogP contribution in [0.1, 0.15) is 29.6 Å². The molecule has 0 aliphatic carbocycles. The molecular formula is C12H13N5O3. The van der Waals surface area contributed by atoms with Crippen LogP contribution in [0.5, 0.6) is 0 Å². The predicted octanol–water partition coefficient (Wildman–Crippen LogP) is 3.34. The Hall–Kier alpha value is -2.60. The van der Waals surface area contributed by atoms with Gasteiger partial charge in [0.15, 0.2) is 6.29 Å². The Morgan fingerprint density at radius 3 is 2.60 bits per heavy atom. The van der Waals surface area contributed by atoms with Crippen molar-refractivity contribution in [3.63, 3.8) is 0 Å². The molecule has 1 heterocycles.